The van der Waals surface area contributed by atoms with Crippen molar-refractivity contribution >= 4 is 22.4 Å². The maximum Gasteiger partial charge on any atom is 0.292 e. The molecule has 132 valence electrons. The van der Waals surface area contributed by atoms with Crippen LogP contribution < -0.4 is 5.32 Å². The number of ether oxygens (including phenoxy) is 1. The van der Waals surface area contributed by atoms with Gasteiger partial charge in [0.05, 0.1) is 34.0 Å². The molecule has 0 radical (unpaired) electrons. The van der Waals surface area contributed by atoms with E-state index in [0.717, 1.165) is 30.5 Å². The third-order valence-corrected chi connectivity index (χ3v) is 4.48. The average molecular weight is 350 g/mol. The van der Waals surface area contributed by atoms with Crippen molar-refractivity contribution in [3.63, 3.8) is 0 Å². The smallest absolute Gasteiger partial charge is 0.292 e. The van der Waals surface area contributed by atoms with Crippen LogP contribution in [0.2, 0.25) is 0 Å². The molecule has 1 aromatic heterocycles. The Morgan fingerprint density at radius 3 is 2.85 bits per heavy atom. The Labute approximate surface area is 150 Å². The summed E-state index contributed by atoms with van der Waals surface area (Å²) >= 11 is 0. The van der Waals surface area contributed by atoms with Crippen molar-refractivity contribution in [1.29, 1.82) is 0 Å². The Kier molecular flexibility index (Phi) is 4.45. The van der Waals surface area contributed by atoms with E-state index >= 15 is 0 Å². The van der Waals surface area contributed by atoms with Crippen molar-refractivity contribution in [3.8, 4) is 11.3 Å². The first-order chi connectivity index (χ1) is 12.7. The van der Waals surface area contributed by atoms with E-state index in [9.17, 15) is 10.1 Å². The second-order valence-electron chi connectivity index (χ2n) is 6.25. The predicted molar refractivity (Wildman–Crippen MR) is 99.1 cm³/mol. The number of nitrogens with one attached hydrogen (secondary N) is 1. The number of para-hydroxylation sites is 2. The van der Waals surface area contributed by atoms with Gasteiger partial charge in [0.15, 0.2) is 0 Å². The van der Waals surface area contributed by atoms with Crippen LogP contribution in [0.15, 0.2) is 48.7 Å². The number of nitrogens with zero attached hydrogens (tertiary/aromatic N) is 3. The molecule has 1 N–H and O–H groups in total. The van der Waals surface area contributed by atoms with Gasteiger partial charge in [0.25, 0.3) is 5.69 Å². The van der Waals surface area contributed by atoms with Gasteiger partial charge >= 0.3 is 0 Å². The molecule has 0 aliphatic carbocycles. The number of hydrogen-bond acceptors (Lipinski definition) is 6. The number of hydrogen-bond donors (Lipinski definition) is 1. The Balaban J connectivity index is 1.63. The van der Waals surface area contributed by atoms with E-state index in [1.54, 1.807) is 12.3 Å². The Morgan fingerprint density at radius 1 is 1.23 bits per heavy atom. The molecule has 3 aromatic rings. The number of nitro groups is 1. The van der Waals surface area contributed by atoms with Crippen LogP contribution in [0, 0.1) is 10.1 Å². The minimum atomic E-state index is -0.379. The fraction of sp³-hybridized carbons (Fsp3) is 0.263. The number of nitro benzene ring substituents is 1. The molecule has 7 nitrogen and oxygen atoms in total. The first-order valence-corrected chi connectivity index (χ1v) is 8.57. The molecule has 0 bridgehead atoms. The molecular formula is C19H18N4O3. The number of aromatic nitrogens is 2. The summed E-state index contributed by atoms with van der Waals surface area (Å²) in [6, 6.07) is 12.6. The zero-order valence-corrected chi connectivity index (χ0v) is 14.1. The van der Waals surface area contributed by atoms with Gasteiger partial charge in [-0.05, 0) is 31.0 Å². The lowest BCUT2D eigenvalue weighted by molar-refractivity contribution is -0.383. The molecule has 26 heavy (non-hydrogen) atoms. The van der Waals surface area contributed by atoms with E-state index in [1.807, 2.05) is 30.3 Å². The fourth-order valence-corrected chi connectivity index (χ4v) is 3.12. The van der Waals surface area contributed by atoms with Crippen LogP contribution in [0.5, 0.6) is 0 Å². The predicted octanol–water partition coefficient (Wildman–Crippen LogP) is 3.80. The lowest BCUT2D eigenvalue weighted by Crippen LogP contribution is -2.18. The molecule has 1 saturated heterocycles. The second kappa shape index (κ2) is 7.05. The topological polar surface area (TPSA) is 90.2 Å². The summed E-state index contributed by atoms with van der Waals surface area (Å²) < 4.78 is 5.56. The van der Waals surface area contributed by atoms with Crippen molar-refractivity contribution in [2.75, 3.05) is 18.5 Å². The molecule has 7 heteroatoms. The third kappa shape index (κ3) is 3.34. The van der Waals surface area contributed by atoms with E-state index < -0.39 is 0 Å². The average Bonchev–Trinajstić information content (AvgIpc) is 3.19. The number of rotatable bonds is 5. The van der Waals surface area contributed by atoms with Crippen molar-refractivity contribution in [2.24, 2.45) is 0 Å². The summed E-state index contributed by atoms with van der Waals surface area (Å²) in [5.41, 5.74) is 3.34. The number of fused-ring (bicyclic) bond motifs is 1. The zero-order chi connectivity index (χ0) is 17.9. The molecule has 0 spiro atoms. The van der Waals surface area contributed by atoms with Crippen LogP contribution in [-0.2, 0) is 4.74 Å². The Morgan fingerprint density at radius 2 is 2.08 bits per heavy atom. The van der Waals surface area contributed by atoms with Gasteiger partial charge in [-0.15, -0.1) is 0 Å². The number of benzene rings is 2. The first kappa shape index (κ1) is 16.4. The van der Waals surface area contributed by atoms with E-state index in [2.05, 4.69) is 15.3 Å². The highest BCUT2D eigenvalue weighted by Crippen LogP contribution is 2.30. The largest absolute Gasteiger partial charge is 0.377 e. The Bertz CT molecular complexity index is 954. The molecule has 2 heterocycles. The third-order valence-electron chi connectivity index (χ3n) is 4.48. The first-order valence-electron chi connectivity index (χ1n) is 8.57. The fourth-order valence-electron chi connectivity index (χ4n) is 3.12. The summed E-state index contributed by atoms with van der Waals surface area (Å²) in [4.78, 5) is 20.1. The maximum atomic E-state index is 11.5. The van der Waals surface area contributed by atoms with Crippen LogP contribution >= 0.6 is 0 Å². The second-order valence-corrected chi connectivity index (χ2v) is 6.25. The molecule has 1 unspecified atom stereocenters. The molecule has 1 atom stereocenters. The van der Waals surface area contributed by atoms with Gasteiger partial charge in [-0.2, -0.15) is 0 Å². The van der Waals surface area contributed by atoms with E-state index in [-0.39, 0.29) is 16.7 Å². The van der Waals surface area contributed by atoms with Gasteiger partial charge in [0.1, 0.15) is 5.69 Å². The van der Waals surface area contributed by atoms with E-state index in [4.69, 9.17) is 4.74 Å². The molecule has 0 amide bonds. The molecule has 4 rings (SSSR count). The monoisotopic (exact) mass is 350 g/mol. The maximum absolute atomic E-state index is 11.5. The van der Waals surface area contributed by atoms with Crippen molar-refractivity contribution in [1.82, 2.24) is 9.97 Å². The summed E-state index contributed by atoms with van der Waals surface area (Å²) in [6.07, 6.45) is 3.76. The summed E-state index contributed by atoms with van der Waals surface area (Å²) in [7, 11) is 0. The van der Waals surface area contributed by atoms with Crippen molar-refractivity contribution in [2.45, 2.75) is 18.9 Å². The molecule has 0 saturated carbocycles. The highest BCUT2D eigenvalue weighted by Gasteiger charge is 2.19. The van der Waals surface area contributed by atoms with Gasteiger partial charge in [0.2, 0.25) is 0 Å². The molecule has 1 fully saturated rings. The minimum Gasteiger partial charge on any atom is -0.377 e. The van der Waals surface area contributed by atoms with E-state index in [1.165, 1.54) is 6.07 Å². The van der Waals surface area contributed by atoms with Gasteiger partial charge in [-0.1, -0.05) is 18.2 Å². The SMILES string of the molecule is O=[N+]([O-])c1cc(-c2cnc3ccccc3n2)ccc1NCC1CCCO1. The standard InChI is InChI=1S/C19H18N4O3/c24-23(25)19-10-13(7-8-17(19)20-11-14-4-3-9-26-14)18-12-21-15-5-1-2-6-16(15)22-18/h1-2,5-8,10,12,14,20H,3-4,9,11H2. The lowest BCUT2D eigenvalue weighted by Gasteiger charge is -2.12. The van der Waals surface area contributed by atoms with Crippen LogP contribution in [0.25, 0.3) is 22.3 Å². The molecule has 1 aliphatic rings. The van der Waals surface area contributed by atoms with Crippen LogP contribution in [0.3, 0.4) is 0 Å². The highest BCUT2D eigenvalue weighted by molar-refractivity contribution is 5.78. The minimum absolute atomic E-state index is 0.0236. The summed E-state index contributed by atoms with van der Waals surface area (Å²) in [6.45, 7) is 1.32. The van der Waals surface area contributed by atoms with Gasteiger partial charge in [-0.25, -0.2) is 4.98 Å². The van der Waals surface area contributed by atoms with E-state index in [0.29, 0.717) is 23.5 Å². The quantitative estimate of drug-likeness (QED) is 0.556. The summed E-state index contributed by atoms with van der Waals surface area (Å²) in [5, 5.41) is 14.7. The van der Waals surface area contributed by atoms with Gasteiger partial charge < -0.3 is 10.1 Å². The van der Waals surface area contributed by atoms with Crippen LogP contribution in [0.4, 0.5) is 11.4 Å². The normalized spacial score (nSPS) is 16.7. The lowest BCUT2D eigenvalue weighted by atomic mass is 10.1. The molecule has 2 aromatic carbocycles. The van der Waals surface area contributed by atoms with Crippen molar-refractivity contribution < 1.29 is 9.66 Å². The molecule has 1 aliphatic heterocycles. The highest BCUT2D eigenvalue weighted by atomic mass is 16.6. The zero-order valence-electron chi connectivity index (χ0n) is 14.1. The Hall–Kier alpha value is -3.06. The number of anilines is 1. The van der Waals surface area contributed by atoms with Gasteiger partial charge in [-0.3, -0.25) is 15.1 Å². The van der Waals surface area contributed by atoms with Crippen molar-refractivity contribution in [3.05, 3.63) is 58.8 Å². The van der Waals surface area contributed by atoms with Crippen LogP contribution in [-0.4, -0.2) is 34.1 Å². The summed E-state index contributed by atoms with van der Waals surface area (Å²) in [5.74, 6) is 0. The van der Waals surface area contributed by atoms with Gasteiger partial charge in [0, 0.05) is 24.8 Å². The molecular weight excluding hydrogens is 332 g/mol. The van der Waals surface area contributed by atoms with Crippen LogP contribution in [0.1, 0.15) is 12.8 Å².